The Morgan fingerprint density at radius 3 is 2.52 bits per heavy atom. The number of hydrogen-bond donors (Lipinski definition) is 4. The maximum Gasteiger partial charge on any atom is 0.335 e. The fraction of sp³-hybridized carbons (Fsp3) is 0.381. The minimum atomic E-state index is -1.33. The number of aliphatic hydroxyl groups excluding tert-OH is 1. The maximum absolute atomic E-state index is 11.6. The van der Waals surface area contributed by atoms with E-state index in [1.54, 1.807) is 36.4 Å². The Morgan fingerprint density at radius 1 is 1.21 bits per heavy atom. The number of carboxylic acid groups (broad SMARTS) is 1. The molecule has 2 rings (SSSR count). The van der Waals surface area contributed by atoms with Crippen LogP contribution < -0.4 is 5.32 Å². The van der Waals surface area contributed by atoms with Crippen LogP contribution in [0.3, 0.4) is 0 Å². The van der Waals surface area contributed by atoms with Crippen LogP contribution in [0.25, 0.3) is 0 Å². The predicted octanol–water partition coefficient (Wildman–Crippen LogP) is 2.45. The Bertz CT molecular complexity index is 840. The number of aromatic carboxylic acids is 1. The van der Waals surface area contributed by atoms with Crippen molar-refractivity contribution in [1.82, 2.24) is 5.32 Å². The molecule has 158 valence electrons. The summed E-state index contributed by atoms with van der Waals surface area (Å²) in [6.07, 6.45) is 1.43. The average molecular weight is 422 g/mol. The SMILES string of the molecule is CC(CCOCc1ccc(C(=O)O)cc1)NCC(O)c1ccc(O)c(S(C)=O)c1. The number of phenolic OH excluding ortho intramolecular Hbond substituents is 1. The van der Waals surface area contributed by atoms with E-state index in [0.717, 1.165) is 12.0 Å². The van der Waals surface area contributed by atoms with Crippen LogP contribution in [0.2, 0.25) is 0 Å². The van der Waals surface area contributed by atoms with Crippen LogP contribution in [0.5, 0.6) is 5.75 Å². The highest BCUT2D eigenvalue weighted by molar-refractivity contribution is 7.84. The van der Waals surface area contributed by atoms with Crippen molar-refractivity contribution in [2.75, 3.05) is 19.4 Å². The van der Waals surface area contributed by atoms with E-state index in [0.29, 0.717) is 30.2 Å². The van der Waals surface area contributed by atoms with E-state index < -0.39 is 22.9 Å². The third-order valence-electron chi connectivity index (χ3n) is 4.50. The topological polar surface area (TPSA) is 116 Å². The van der Waals surface area contributed by atoms with Gasteiger partial charge in [0.1, 0.15) is 5.75 Å². The van der Waals surface area contributed by atoms with Gasteiger partial charge in [-0.3, -0.25) is 4.21 Å². The zero-order chi connectivity index (χ0) is 21.4. The number of ether oxygens (including phenoxy) is 1. The summed E-state index contributed by atoms with van der Waals surface area (Å²) in [5.74, 6) is -0.996. The number of hydrogen-bond acceptors (Lipinski definition) is 6. The van der Waals surface area contributed by atoms with Crippen molar-refractivity contribution in [1.29, 1.82) is 0 Å². The van der Waals surface area contributed by atoms with Gasteiger partial charge in [0.05, 0.1) is 34.0 Å². The van der Waals surface area contributed by atoms with Crippen LogP contribution in [0.4, 0.5) is 0 Å². The minimum absolute atomic E-state index is 0.0436. The fourth-order valence-electron chi connectivity index (χ4n) is 2.69. The first-order valence-electron chi connectivity index (χ1n) is 9.25. The first-order chi connectivity index (χ1) is 13.8. The highest BCUT2D eigenvalue weighted by atomic mass is 32.2. The highest BCUT2D eigenvalue weighted by Crippen LogP contribution is 2.24. The smallest absolute Gasteiger partial charge is 0.335 e. The summed E-state index contributed by atoms with van der Waals surface area (Å²) in [6.45, 7) is 3.22. The van der Waals surface area contributed by atoms with Crippen LogP contribution in [-0.4, -0.2) is 50.9 Å². The molecule has 0 heterocycles. The lowest BCUT2D eigenvalue weighted by Crippen LogP contribution is -2.31. The summed E-state index contributed by atoms with van der Waals surface area (Å²) < 4.78 is 17.2. The van der Waals surface area contributed by atoms with Gasteiger partial charge in [0.25, 0.3) is 0 Å². The molecule has 0 radical (unpaired) electrons. The number of phenols is 1. The van der Waals surface area contributed by atoms with E-state index in [-0.39, 0.29) is 17.4 Å². The van der Waals surface area contributed by atoms with Gasteiger partial charge >= 0.3 is 5.97 Å². The van der Waals surface area contributed by atoms with Gasteiger partial charge < -0.3 is 25.4 Å². The Kier molecular flexibility index (Phi) is 8.78. The second-order valence-corrected chi connectivity index (χ2v) is 8.20. The van der Waals surface area contributed by atoms with E-state index in [2.05, 4.69) is 5.32 Å². The molecule has 2 aromatic rings. The van der Waals surface area contributed by atoms with Gasteiger partial charge in [-0.2, -0.15) is 0 Å². The van der Waals surface area contributed by atoms with Crippen molar-refractivity contribution < 1.29 is 29.1 Å². The van der Waals surface area contributed by atoms with Crippen LogP contribution in [0.15, 0.2) is 47.4 Å². The Hall–Kier alpha value is -2.26. The van der Waals surface area contributed by atoms with E-state index in [1.807, 2.05) is 6.92 Å². The second-order valence-electron chi connectivity index (χ2n) is 6.85. The molecule has 0 saturated heterocycles. The molecule has 0 amide bonds. The van der Waals surface area contributed by atoms with Crippen LogP contribution in [0.1, 0.15) is 40.9 Å². The quantitative estimate of drug-likeness (QED) is 0.412. The molecule has 0 aliphatic carbocycles. The lowest BCUT2D eigenvalue weighted by atomic mass is 10.1. The Morgan fingerprint density at radius 2 is 1.90 bits per heavy atom. The molecular formula is C21H27NO6S. The van der Waals surface area contributed by atoms with E-state index in [9.17, 15) is 19.2 Å². The molecule has 3 atom stereocenters. The first-order valence-corrected chi connectivity index (χ1v) is 10.8. The van der Waals surface area contributed by atoms with Gasteiger partial charge in [0.15, 0.2) is 0 Å². The molecule has 0 aliphatic rings. The number of benzene rings is 2. The molecule has 2 aromatic carbocycles. The van der Waals surface area contributed by atoms with Crippen molar-refractivity contribution in [3.63, 3.8) is 0 Å². The first kappa shape index (κ1) is 23.0. The normalized spacial score (nSPS) is 14.3. The lowest BCUT2D eigenvalue weighted by molar-refractivity contribution is 0.0696. The Balaban J connectivity index is 1.71. The van der Waals surface area contributed by atoms with Crippen molar-refractivity contribution in [2.24, 2.45) is 0 Å². The van der Waals surface area contributed by atoms with E-state index in [4.69, 9.17) is 9.84 Å². The van der Waals surface area contributed by atoms with Gasteiger partial charge in [-0.05, 0) is 48.7 Å². The molecule has 7 nitrogen and oxygen atoms in total. The minimum Gasteiger partial charge on any atom is -0.507 e. The summed E-state index contributed by atoms with van der Waals surface area (Å²) >= 11 is 0. The number of nitrogens with one attached hydrogen (secondary N) is 1. The summed E-state index contributed by atoms with van der Waals surface area (Å²) in [4.78, 5) is 11.1. The number of aliphatic hydroxyl groups is 1. The number of carboxylic acids is 1. The summed E-state index contributed by atoms with van der Waals surface area (Å²) in [5, 5.41) is 32.2. The largest absolute Gasteiger partial charge is 0.507 e. The molecule has 0 fully saturated rings. The van der Waals surface area contributed by atoms with Crippen molar-refractivity contribution in [3.8, 4) is 5.75 Å². The monoisotopic (exact) mass is 421 g/mol. The molecule has 29 heavy (non-hydrogen) atoms. The molecule has 3 unspecified atom stereocenters. The number of aromatic hydroxyl groups is 1. The van der Waals surface area contributed by atoms with Crippen molar-refractivity contribution >= 4 is 16.8 Å². The van der Waals surface area contributed by atoms with Crippen molar-refractivity contribution in [2.45, 2.75) is 37.0 Å². The molecule has 8 heteroatoms. The summed E-state index contributed by atoms with van der Waals surface area (Å²) in [5.41, 5.74) is 1.74. The van der Waals surface area contributed by atoms with Gasteiger partial charge in [0, 0.05) is 25.4 Å². The molecule has 0 bridgehead atoms. The standard InChI is InChI=1S/C21H27NO6S/c1-14(9-10-28-13-15-3-5-16(6-4-15)21(25)26)22-12-19(24)17-7-8-18(23)20(11-17)29(2)27/h3-8,11,14,19,22-24H,9-10,12-13H2,1-2H3,(H,25,26). The van der Waals surface area contributed by atoms with E-state index in [1.165, 1.54) is 12.3 Å². The molecule has 0 saturated carbocycles. The van der Waals surface area contributed by atoms with Gasteiger partial charge in [-0.15, -0.1) is 0 Å². The molecule has 0 aliphatic heterocycles. The third kappa shape index (κ3) is 7.25. The molecular weight excluding hydrogens is 394 g/mol. The average Bonchev–Trinajstić information content (AvgIpc) is 2.69. The Labute approximate surface area is 172 Å². The van der Waals surface area contributed by atoms with E-state index >= 15 is 0 Å². The molecule has 0 aromatic heterocycles. The summed E-state index contributed by atoms with van der Waals surface area (Å²) in [6, 6.07) is 11.3. The van der Waals surface area contributed by atoms with Gasteiger partial charge in [-0.1, -0.05) is 18.2 Å². The number of carbonyl (C=O) groups is 1. The third-order valence-corrected chi connectivity index (χ3v) is 5.45. The van der Waals surface area contributed by atoms with Crippen molar-refractivity contribution in [3.05, 3.63) is 59.2 Å². The van der Waals surface area contributed by atoms with Gasteiger partial charge in [0.2, 0.25) is 0 Å². The fourth-order valence-corrected chi connectivity index (χ4v) is 3.36. The zero-order valence-corrected chi connectivity index (χ0v) is 17.3. The van der Waals surface area contributed by atoms with Crippen LogP contribution in [-0.2, 0) is 22.1 Å². The lowest BCUT2D eigenvalue weighted by Gasteiger charge is -2.18. The number of rotatable bonds is 11. The van der Waals surface area contributed by atoms with Crippen LogP contribution >= 0.6 is 0 Å². The van der Waals surface area contributed by atoms with Gasteiger partial charge in [-0.25, -0.2) is 4.79 Å². The summed E-state index contributed by atoms with van der Waals surface area (Å²) in [7, 11) is -1.33. The zero-order valence-electron chi connectivity index (χ0n) is 16.5. The molecule has 0 spiro atoms. The predicted molar refractivity (Wildman–Crippen MR) is 111 cm³/mol. The highest BCUT2D eigenvalue weighted by Gasteiger charge is 2.13. The molecule has 4 N–H and O–H groups in total. The maximum atomic E-state index is 11.6. The van der Waals surface area contributed by atoms with Crippen LogP contribution in [0, 0.1) is 0 Å². The second kappa shape index (κ2) is 11.1.